The number of hydrogen-bond acceptors (Lipinski definition) is 4. The van der Waals surface area contributed by atoms with Crippen LogP contribution in [0, 0.1) is 0 Å². The molecule has 0 fully saturated rings. The summed E-state index contributed by atoms with van der Waals surface area (Å²) in [7, 11) is 3.97. The topological polar surface area (TPSA) is 82.1 Å². The van der Waals surface area contributed by atoms with Crippen molar-refractivity contribution >= 4 is 33.6 Å². The number of rotatable bonds is 3. The summed E-state index contributed by atoms with van der Waals surface area (Å²) in [5.74, 6) is -0.954. The second-order valence-electron chi connectivity index (χ2n) is 6.08. The minimum Gasteiger partial charge on any atom is -0.478 e. The van der Waals surface area contributed by atoms with E-state index < -0.39 is 5.97 Å². The fourth-order valence-electron chi connectivity index (χ4n) is 3.01. The molecule has 0 aliphatic carbocycles. The van der Waals surface area contributed by atoms with E-state index in [2.05, 4.69) is 21.0 Å². The molecule has 0 atom stereocenters. The first-order valence-corrected chi connectivity index (χ1v) is 7.82. The molecule has 0 spiro atoms. The van der Waals surface area contributed by atoms with Gasteiger partial charge in [-0.3, -0.25) is 0 Å². The summed E-state index contributed by atoms with van der Waals surface area (Å²) in [6.07, 6.45) is 1.52. The van der Waals surface area contributed by atoms with Gasteiger partial charge < -0.3 is 15.0 Å². The molecule has 0 saturated heterocycles. The summed E-state index contributed by atoms with van der Waals surface area (Å²) in [5.41, 5.74) is 4.58. The van der Waals surface area contributed by atoms with E-state index in [1.54, 1.807) is 18.2 Å². The normalized spacial score (nSPS) is 11.1. The number of carbonyl (C=O) groups is 1. The summed E-state index contributed by atoms with van der Waals surface area (Å²) in [6.45, 7) is 0. The van der Waals surface area contributed by atoms with Crippen molar-refractivity contribution in [2.75, 3.05) is 19.0 Å². The quantitative estimate of drug-likeness (QED) is 0.599. The van der Waals surface area contributed by atoms with Crippen molar-refractivity contribution in [3.8, 4) is 11.3 Å². The highest BCUT2D eigenvalue weighted by molar-refractivity contribution is 6.13. The molecular formula is C19H16N4O2. The lowest BCUT2D eigenvalue weighted by molar-refractivity contribution is 0.0697. The van der Waals surface area contributed by atoms with Crippen molar-refractivity contribution in [1.82, 2.24) is 15.0 Å². The highest BCUT2D eigenvalue weighted by atomic mass is 16.4. The van der Waals surface area contributed by atoms with Gasteiger partial charge in [0.1, 0.15) is 12.0 Å². The molecule has 0 unspecified atom stereocenters. The second-order valence-corrected chi connectivity index (χ2v) is 6.08. The van der Waals surface area contributed by atoms with Crippen LogP contribution in [0.3, 0.4) is 0 Å². The van der Waals surface area contributed by atoms with Gasteiger partial charge in [0.05, 0.1) is 16.6 Å². The van der Waals surface area contributed by atoms with Gasteiger partial charge in [0, 0.05) is 36.2 Å². The van der Waals surface area contributed by atoms with Crippen LogP contribution in [0.5, 0.6) is 0 Å². The molecule has 124 valence electrons. The first-order chi connectivity index (χ1) is 12.0. The average Bonchev–Trinajstić information content (AvgIpc) is 2.99. The van der Waals surface area contributed by atoms with Gasteiger partial charge in [0.2, 0.25) is 0 Å². The molecule has 4 rings (SSSR count). The number of aromatic amines is 1. The number of aromatic nitrogens is 3. The molecule has 2 aromatic heterocycles. The Bertz CT molecular complexity index is 1120. The number of carboxylic acid groups (broad SMARTS) is 1. The number of nitrogens with zero attached hydrogens (tertiary/aromatic N) is 3. The Morgan fingerprint density at radius 3 is 2.72 bits per heavy atom. The molecule has 6 heteroatoms. The number of nitrogens with one attached hydrogen (secondary N) is 1. The van der Waals surface area contributed by atoms with Crippen LogP contribution in [-0.4, -0.2) is 40.1 Å². The summed E-state index contributed by atoms with van der Waals surface area (Å²) in [4.78, 5) is 25.4. The molecule has 0 radical (unpaired) electrons. The zero-order valence-electron chi connectivity index (χ0n) is 13.8. The van der Waals surface area contributed by atoms with Crippen molar-refractivity contribution in [1.29, 1.82) is 0 Å². The molecule has 4 aromatic rings. The highest BCUT2D eigenvalue weighted by Gasteiger charge is 2.15. The molecular weight excluding hydrogens is 316 g/mol. The van der Waals surface area contributed by atoms with Gasteiger partial charge >= 0.3 is 5.97 Å². The van der Waals surface area contributed by atoms with Gasteiger partial charge in [-0.05, 0) is 30.3 Å². The van der Waals surface area contributed by atoms with E-state index in [9.17, 15) is 9.90 Å². The number of anilines is 1. The van der Waals surface area contributed by atoms with E-state index in [-0.39, 0.29) is 5.56 Å². The number of fused-ring (bicyclic) bond motifs is 3. The van der Waals surface area contributed by atoms with Crippen LogP contribution < -0.4 is 4.90 Å². The molecule has 25 heavy (non-hydrogen) atoms. The Balaban J connectivity index is 2.04. The van der Waals surface area contributed by atoms with Crippen LogP contribution in [-0.2, 0) is 0 Å². The Morgan fingerprint density at radius 1 is 1.12 bits per heavy atom. The Kier molecular flexibility index (Phi) is 3.39. The van der Waals surface area contributed by atoms with E-state index in [0.717, 1.165) is 33.2 Å². The molecule has 0 aliphatic rings. The molecule has 0 aliphatic heterocycles. The zero-order valence-corrected chi connectivity index (χ0v) is 13.8. The minimum absolute atomic E-state index is 0.241. The summed E-state index contributed by atoms with van der Waals surface area (Å²) in [6, 6.07) is 13.1. The van der Waals surface area contributed by atoms with Gasteiger partial charge in [0.25, 0.3) is 0 Å². The molecule has 0 amide bonds. The first-order valence-electron chi connectivity index (χ1n) is 7.82. The van der Waals surface area contributed by atoms with Crippen molar-refractivity contribution in [3.63, 3.8) is 0 Å². The Morgan fingerprint density at radius 2 is 1.96 bits per heavy atom. The van der Waals surface area contributed by atoms with Gasteiger partial charge in [-0.25, -0.2) is 14.8 Å². The van der Waals surface area contributed by atoms with Crippen LogP contribution in [0.15, 0.2) is 48.8 Å². The first kappa shape index (κ1) is 15.1. The molecule has 0 bridgehead atoms. The van der Waals surface area contributed by atoms with Crippen molar-refractivity contribution in [2.24, 2.45) is 0 Å². The van der Waals surface area contributed by atoms with Gasteiger partial charge in [-0.15, -0.1) is 0 Å². The monoisotopic (exact) mass is 332 g/mol. The predicted octanol–water partition coefficient (Wildman–Crippen LogP) is 3.54. The fraction of sp³-hybridized carbons (Fsp3) is 0.105. The van der Waals surface area contributed by atoms with Crippen LogP contribution >= 0.6 is 0 Å². The predicted molar refractivity (Wildman–Crippen MR) is 98.1 cm³/mol. The van der Waals surface area contributed by atoms with E-state index >= 15 is 0 Å². The number of benzene rings is 2. The molecule has 6 nitrogen and oxygen atoms in total. The number of H-pyrrole nitrogens is 1. The molecule has 2 aromatic carbocycles. The third-order valence-corrected chi connectivity index (χ3v) is 4.27. The van der Waals surface area contributed by atoms with E-state index in [1.807, 2.05) is 37.2 Å². The third kappa shape index (κ3) is 2.48. The summed E-state index contributed by atoms with van der Waals surface area (Å²) in [5, 5.41) is 10.9. The van der Waals surface area contributed by atoms with Gasteiger partial charge in [-0.1, -0.05) is 12.1 Å². The lowest BCUT2D eigenvalue weighted by Gasteiger charge is -2.13. The minimum atomic E-state index is -0.954. The molecule has 2 heterocycles. The SMILES string of the molecule is CN(C)c1cccc(-c2ncnc3[nH]c4ccc(C(=O)O)cc4c23)c1. The fourth-order valence-corrected chi connectivity index (χ4v) is 3.01. The van der Waals surface area contributed by atoms with Crippen LogP contribution in [0.25, 0.3) is 33.2 Å². The third-order valence-electron chi connectivity index (χ3n) is 4.27. The lowest BCUT2D eigenvalue weighted by atomic mass is 10.0. The smallest absolute Gasteiger partial charge is 0.335 e. The second kappa shape index (κ2) is 5.59. The number of hydrogen-bond donors (Lipinski definition) is 2. The largest absolute Gasteiger partial charge is 0.478 e. The van der Waals surface area contributed by atoms with Crippen LogP contribution in [0.4, 0.5) is 5.69 Å². The summed E-state index contributed by atoms with van der Waals surface area (Å²) >= 11 is 0. The van der Waals surface area contributed by atoms with Gasteiger partial charge in [-0.2, -0.15) is 0 Å². The lowest BCUT2D eigenvalue weighted by Crippen LogP contribution is -2.08. The average molecular weight is 332 g/mol. The number of aromatic carboxylic acids is 1. The maximum atomic E-state index is 11.3. The highest BCUT2D eigenvalue weighted by Crippen LogP contribution is 2.33. The van der Waals surface area contributed by atoms with Crippen LogP contribution in [0.2, 0.25) is 0 Å². The molecule has 2 N–H and O–H groups in total. The van der Waals surface area contributed by atoms with E-state index in [0.29, 0.717) is 5.65 Å². The Labute approximate surface area is 143 Å². The number of carboxylic acids is 1. The van der Waals surface area contributed by atoms with Crippen molar-refractivity contribution < 1.29 is 9.90 Å². The molecule has 0 saturated carbocycles. The van der Waals surface area contributed by atoms with E-state index in [4.69, 9.17) is 0 Å². The zero-order chi connectivity index (χ0) is 17.6. The standard InChI is InChI=1S/C19H16N4O2/c1-23(2)13-5-3-4-11(8-13)17-16-14-9-12(19(24)25)6-7-15(14)22-18(16)21-10-20-17/h3-10H,1-2H3,(H,24,25)(H,20,21,22). The van der Waals surface area contributed by atoms with E-state index in [1.165, 1.54) is 6.33 Å². The van der Waals surface area contributed by atoms with Crippen molar-refractivity contribution in [2.45, 2.75) is 0 Å². The maximum Gasteiger partial charge on any atom is 0.335 e. The van der Waals surface area contributed by atoms with Crippen molar-refractivity contribution in [3.05, 3.63) is 54.4 Å². The Hall–Kier alpha value is -3.41. The summed E-state index contributed by atoms with van der Waals surface area (Å²) < 4.78 is 0. The van der Waals surface area contributed by atoms with Crippen LogP contribution in [0.1, 0.15) is 10.4 Å². The van der Waals surface area contributed by atoms with Gasteiger partial charge in [0.15, 0.2) is 0 Å². The maximum absolute atomic E-state index is 11.3.